The second kappa shape index (κ2) is 10.6. The van der Waals surface area contributed by atoms with E-state index >= 15 is 0 Å². The molecule has 1 saturated carbocycles. The molecule has 1 aliphatic carbocycles. The summed E-state index contributed by atoms with van der Waals surface area (Å²) in [5.74, 6) is 0.466. The number of anilines is 1. The maximum absolute atomic E-state index is 13.5. The zero-order valence-electron chi connectivity index (χ0n) is 20.5. The number of aliphatic hydroxyl groups excluding tert-OH is 1. The van der Waals surface area contributed by atoms with Crippen LogP contribution in [0.4, 0.5) is 14.9 Å². The topological polar surface area (TPSA) is 106 Å². The third-order valence-electron chi connectivity index (χ3n) is 6.71. The van der Waals surface area contributed by atoms with E-state index in [1.807, 2.05) is 0 Å². The molecule has 0 spiro atoms. The molecule has 1 aromatic heterocycles. The van der Waals surface area contributed by atoms with Crippen LogP contribution in [0.5, 0.6) is 11.5 Å². The fourth-order valence-electron chi connectivity index (χ4n) is 4.67. The van der Waals surface area contributed by atoms with Gasteiger partial charge >= 0.3 is 6.03 Å². The van der Waals surface area contributed by atoms with Gasteiger partial charge in [0.15, 0.2) is 0 Å². The Hall–Kier alpha value is -3.92. The summed E-state index contributed by atoms with van der Waals surface area (Å²) in [6, 6.07) is 10.0. The van der Waals surface area contributed by atoms with E-state index in [0.29, 0.717) is 36.4 Å². The molecule has 194 valence electrons. The monoisotopic (exact) mass is 508 g/mol. The number of likely N-dealkylation sites (N-methyl/N-ethyl adjacent to an activating group) is 1. The molecule has 0 unspecified atom stereocenters. The zero-order valence-corrected chi connectivity index (χ0v) is 20.5. The first-order valence-electron chi connectivity index (χ1n) is 12.3. The number of aromatic nitrogens is 2. The number of hydrogen-bond acceptors (Lipinski definition) is 6. The number of carbonyl (C=O) groups excluding carboxylic acids is 2. The van der Waals surface area contributed by atoms with Gasteiger partial charge < -0.3 is 24.8 Å². The predicted molar refractivity (Wildman–Crippen MR) is 133 cm³/mol. The van der Waals surface area contributed by atoms with Gasteiger partial charge in [-0.25, -0.2) is 9.18 Å². The molecule has 1 aliphatic heterocycles. The van der Waals surface area contributed by atoms with Crippen LogP contribution in [0.2, 0.25) is 0 Å². The summed E-state index contributed by atoms with van der Waals surface area (Å²) in [5, 5.41) is 16.5. The molecule has 37 heavy (non-hydrogen) atoms. The van der Waals surface area contributed by atoms with Crippen LogP contribution in [0.1, 0.15) is 36.8 Å². The van der Waals surface area contributed by atoms with Crippen molar-refractivity contribution in [2.45, 2.75) is 50.4 Å². The van der Waals surface area contributed by atoms with Crippen LogP contribution in [0.25, 0.3) is 0 Å². The van der Waals surface area contributed by atoms with Crippen LogP contribution in [-0.2, 0) is 11.2 Å². The average Bonchev–Trinajstić information content (AvgIpc) is 3.32. The number of fused-ring (bicyclic) bond motifs is 1. The second-order valence-electron chi connectivity index (χ2n) is 9.49. The largest absolute Gasteiger partial charge is 0.490 e. The maximum atomic E-state index is 13.5. The molecule has 2 N–H and O–H groups in total. The van der Waals surface area contributed by atoms with Crippen molar-refractivity contribution in [2.24, 2.45) is 0 Å². The van der Waals surface area contributed by atoms with Crippen molar-refractivity contribution >= 4 is 17.6 Å². The van der Waals surface area contributed by atoms with Gasteiger partial charge in [-0.1, -0.05) is 12.1 Å². The quantitative estimate of drug-likeness (QED) is 0.548. The van der Waals surface area contributed by atoms with Crippen molar-refractivity contribution in [3.05, 3.63) is 71.8 Å². The smallest absolute Gasteiger partial charge is 0.342 e. The van der Waals surface area contributed by atoms with Gasteiger partial charge in [0.1, 0.15) is 30.0 Å². The number of halogens is 1. The molecule has 2 aliphatic rings. The Labute approximate surface area is 213 Å². The lowest BCUT2D eigenvalue weighted by Gasteiger charge is -2.27. The summed E-state index contributed by atoms with van der Waals surface area (Å²) >= 11 is 0. The minimum Gasteiger partial charge on any atom is -0.490 e. The fraction of sp³-hybridized carbons (Fsp3) is 0.370. The highest BCUT2D eigenvalue weighted by atomic mass is 19.1. The average molecular weight is 509 g/mol. The lowest BCUT2D eigenvalue weighted by molar-refractivity contribution is -0.120. The fourth-order valence-corrected chi connectivity index (χ4v) is 4.67. The van der Waals surface area contributed by atoms with E-state index in [9.17, 15) is 19.1 Å². The van der Waals surface area contributed by atoms with Crippen molar-refractivity contribution in [1.29, 1.82) is 0 Å². The minimum atomic E-state index is -0.926. The van der Waals surface area contributed by atoms with Gasteiger partial charge in [0, 0.05) is 25.7 Å². The standard InChI is InChI=1S/C27H29FN4O5/c1-31-24-13-22(37-21-7-5-20(33)6-8-21)9-10-25(24)36-16-23(26(31)34)30-27(35)32-15-18(14-29-32)11-17-3-2-4-19(28)12-17/h2-4,9-10,12-15,20-21,23,33H,5-8,11,16H2,1H3,(H,30,35)/t20?,21?,23-/m0/s1. The number of amides is 2. The number of nitrogens with zero attached hydrogens (tertiary/aromatic N) is 3. The van der Waals surface area contributed by atoms with E-state index < -0.39 is 12.1 Å². The Morgan fingerprint density at radius 1 is 1.19 bits per heavy atom. The Morgan fingerprint density at radius 2 is 2.00 bits per heavy atom. The summed E-state index contributed by atoms with van der Waals surface area (Å²) in [6.45, 7) is -0.0416. The molecule has 2 heterocycles. The Kier molecular flexibility index (Phi) is 7.09. The molecule has 5 rings (SSSR count). The number of hydrogen-bond donors (Lipinski definition) is 2. The van der Waals surface area contributed by atoms with Crippen molar-refractivity contribution in [1.82, 2.24) is 15.1 Å². The van der Waals surface area contributed by atoms with E-state index in [2.05, 4.69) is 10.4 Å². The Morgan fingerprint density at radius 3 is 2.78 bits per heavy atom. The molecule has 0 saturated heterocycles. The van der Waals surface area contributed by atoms with E-state index in [1.165, 1.54) is 23.2 Å². The summed E-state index contributed by atoms with van der Waals surface area (Å²) in [4.78, 5) is 27.5. The van der Waals surface area contributed by atoms with Gasteiger partial charge in [-0.3, -0.25) is 4.79 Å². The molecule has 3 aromatic rings. The Balaban J connectivity index is 1.23. The number of aliphatic hydroxyl groups is 1. The van der Waals surface area contributed by atoms with Crippen LogP contribution in [0, 0.1) is 5.82 Å². The second-order valence-corrected chi connectivity index (χ2v) is 9.49. The number of rotatable bonds is 5. The summed E-state index contributed by atoms with van der Waals surface area (Å²) in [5.41, 5.74) is 2.04. The first kappa shape index (κ1) is 24.8. The van der Waals surface area contributed by atoms with Crippen molar-refractivity contribution in [3.8, 4) is 11.5 Å². The molecule has 0 radical (unpaired) electrons. The van der Waals surface area contributed by atoms with E-state index in [4.69, 9.17) is 9.47 Å². The van der Waals surface area contributed by atoms with Crippen LogP contribution < -0.4 is 19.7 Å². The van der Waals surface area contributed by atoms with Gasteiger partial charge in [0.2, 0.25) is 0 Å². The molecule has 1 fully saturated rings. The normalized spacial score (nSPS) is 21.5. The van der Waals surface area contributed by atoms with Crippen molar-refractivity contribution in [3.63, 3.8) is 0 Å². The van der Waals surface area contributed by atoms with Crippen LogP contribution in [-0.4, -0.2) is 58.7 Å². The number of benzene rings is 2. The Bertz CT molecular complexity index is 1290. The van der Waals surface area contributed by atoms with E-state index in [1.54, 1.807) is 43.6 Å². The van der Waals surface area contributed by atoms with Crippen molar-refractivity contribution in [2.75, 3.05) is 18.6 Å². The van der Waals surface area contributed by atoms with Crippen LogP contribution in [0.15, 0.2) is 54.9 Å². The molecule has 10 heteroatoms. The molecule has 9 nitrogen and oxygen atoms in total. The predicted octanol–water partition coefficient (Wildman–Crippen LogP) is 3.28. The lowest BCUT2D eigenvalue weighted by Crippen LogP contribution is -2.50. The van der Waals surface area contributed by atoms with Crippen LogP contribution >= 0.6 is 0 Å². The highest BCUT2D eigenvalue weighted by molar-refractivity contribution is 6.00. The third-order valence-corrected chi connectivity index (χ3v) is 6.71. The van der Waals surface area contributed by atoms with Gasteiger partial charge in [-0.15, -0.1) is 0 Å². The summed E-state index contributed by atoms with van der Waals surface area (Å²) < 4.78 is 26.5. The molecule has 2 amide bonds. The maximum Gasteiger partial charge on any atom is 0.342 e. The van der Waals surface area contributed by atoms with Gasteiger partial charge in [0.05, 0.1) is 24.1 Å². The zero-order chi connectivity index (χ0) is 25.9. The van der Waals surface area contributed by atoms with Gasteiger partial charge in [-0.2, -0.15) is 9.78 Å². The first-order chi connectivity index (χ1) is 17.9. The van der Waals surface area contributed by atoms with Crippen LogP contribution in [0.3, 0.4) is 0 Å². The number of nitrogens with one attached hydrogen (secondary N) is 1. The highest BCUT2D eigenvalue weighted by Gasteiger charge is 2.31. The lowest BCUT2D eigenvalue weighted by atomic mass is 9.95. The minimum absolute atomic E-state index is 0.0149. The van der Waals surface area contributed by atoms with E-state index in [-0.39, 0.29) is 30.5 Å². The van der Waals surface area contributed by atoms with E-state index in [0.717, 1.165) is 28.7 Å². The van der Waals surface area contributed by atoms with Gasteiger partial charge in [-0.05, 0) is 61.1 Å². The van der Waals surface area contributed by atoms with Crippen molar-refractivity contribution < 1.29 is 28.6 Å². The van der Waals surface area contributed by atoms with Gasteiger partial charge in [0.25, 0.3) is 5.91 Å². The highest BCUT2D eigenvalue weighted by Crippen LogP contribution is 2.35. The third kappa shape index (κ3) is 5.75. The molecule has 2 aromatic carbocycles. The summed E-state index contributed by atoms with van der Waals surface area (Å²) in [7, 11) is 1.63. The molecular formula is C27H29FN4O5. The number of ether oxygens (including phenoxy) is 2. The summed E-state index contributed by atoms with van der Waals surface area (Å²) in [6.07, 6.45) is 6.21. The molecular weight excluding hydrogens is 479 g/mol. The molecule has 1 atom stereocenters. The first-order valence-corrected chi connectivity index (χ1v) is 12.3. The SMILES string of the molecule is CN1C(=O)[C@@H](NC(=O)n2cc(Cc3cccc(F)c3)cn2)COc2ccc(OC3CCC(O)CC3)cc21. The molecule has 0 bridgehead atoms. The number of carbonyl (C=O) groups is 2.